The van der Waals surface area contributed by atoms with E-state index in [9.17, 15) is 73.8 Å². The Morgan fingerprint density at radius 2 is 0.716 bits per heavy atom. The molecular weight excluding hydrogens is 1060 g/mol. The van der Waals surface area contributed by atoms with Gasteiger partial charge in [0.05, 0.1) is 89.7 Å². The highest BCUT2D eigenvalue weighted by Crippen LogP contribution is 2.47. The molecule has 0 spiro atoms. The van der Waals surface area contributed by atoms with Crippen LogP contribution in [-0.4, -0.2) is 123 Å². The topological polar surface area (TPSA) is 330 Å². The Bertz CT molecular complexity index is 3670. The van der Waals surface area contributed by atoms with Crippen LogP contribution < -0.4 is 14.2 Å². The van der Waals surface area contributed by atoms with Crippen molar-refractivity contribution < 1.29 is 102 Å². The number of rotatable bonds is 18. The molecule has 10 rings (SSSR count). The van der Waals surface area contributed by atoms with Gasteiger partial charge >= 0.3 is 17.9 Å². The first kappa shape index (κ1) is 53.8. The van der Waals surface area contributed by atoms with Gasteiger partial charge in [-0.2, -0.15) is 0 Å². The first-order chi connectivity index (χ1) is 39.0. The van der Waals surface area contributed by atoms with E-state index in [0.29, 0.717) is 6.42 Å². The van der Waals surface area contributed by atoms with Crippen LogP contribution in [0, 0.1) is 0 Å². The maximum Gasteiger partial charge on any atom is 0.338 e. The van der Waals surface area contributed by atoms with Crippen molar-refractivity contribution in [2.45, 2.75) is 32.1 Å². The number of phenols is 6. The SMILES string of the molecule is O=C(OCCCOc1cc(O)c(O)c2c1C(=O)C1=C(C=CCC1)C2=O)c1cc(C(=O)OCCCOc2cc(O)c(O)c3c2C(=O)c2ccccc2C3=O)cc(C(=O)OCCCOc2cc(O)c(O)c3c2C(=O)c2ccccc2C3=O)c1. The largest absolute Gasteiger partial charge is 0.504 e. The summed E-state index contributed by atoms with van der Waals surface area (Å²) in [6, 6.07) is 18.1. The second-order valence-corrected chi connectivity index (χ2v) is 18.7. The molecule has 6 N–H and O–H groups in total. The summed E-state index contributed by atoms with van der Waals surface area (Å²) in [7, 11) is 0. The minimum absolute atomic E-state index is 0.0255. The van der Waals surface area contributed by atoms with E-state index in [2.05, 4.69) is 0 Å². The molecule has 4 aliphatic carbocycles. The Balaban J connectivity index is 0.801. The van der Waals surface area contributed by atoms with Gasteiger partial charge in [-0.1, -0.05) is 60.7 Å². The van der Waals surface area contributed by atoms with Crippen molar-refractivity contribution in [2.24, 2.45) is 0 Å². The molecule has 6 aromatic carbocycles. The number of Topliss-reactive ketones (excluding diaryl/α,β-unsaturated/α-hetero) is 2. The highest BCUT2D eigenvalue weighted by atomic mass is 16.5. The molecule has 81 heavy (non-hydrogen) atoms. The summed E-state index contributed by atoms with van der Waals surface area (Å²) in [4.78, 5) is 121. The van der Waals surface area contributed by atoms with E-state index >= 15 is 0 Å². The van der Waals surface area contributed by atoms with Crippen molar-refractivity contribution in [2.75, 3.05) is 39.6 Å². The minimum Gasteiger partial charge on any atom is -0.504 e. The number of fused-ring (bicyclic) bond motifs is 5. The van der Waals surface area contributed by atoms with Gasteiger partial charge in [-0.3, -0.25) is 28.8 Å². The van der Waals surface area contributed by atoms with E-state index in [4.69, 9.17) is 28.4 Å². The number of aromatic hydroxyl groups is 6. The van der Waals surface area contributed by atoms with E-state index in [1.165, 1.54) is 42.5 Å². The molecule has 0 fully saturated rings. The van der Waals surface area contributed by atoms with Gasteiger partial charge in [0.15, 0.2) is 69.2 Å². The third-order valence-electron chi connectivity index (χ3n) is 13.6. The summed E-state index contributed by atoms with van der Waals surface area (Å²) >= 11 is 0. The lowest BCUT2D eigenvalue weighted by molar-refractivity contribution is 0.0482. The van der Waals surface area contributed by atoms with Crippen LogP contribution >= 0.6 is 0 Å². The summed E-state index contributed by atoms with van der Waals surface area (Å²) in [6.45, 7) is -1.75. The fraction of sp³-hybridized carbons (Fsp3) is 0.183. The lowest BCUT2D eigenvalue weighted by atomic mass is 9.79. The molecule has 4 aliphatic rings. The van der Waals surface area contributed by atoms with E-state index in [1.807, 2.05) is 0 Å². The molecule has 21 nitrogen and oxygen atoms in total. The van der Waals surface area contributed by atoms with E-state index in [1.54, 1.807) is 18.2 Å². The summed E-state index contributed by atoms with van der Waals surface area (Å²) in [5.41, 5.74) is -2.48. The summed E-state index contributed by atoms with van der Waals surface area (Å²) in [6.07, 6.45) is 3.88. The monoisotopic (exact) mass is 1100 g/mol. The molecule has 0 unspecified atom stereocenters. The van der Waals surface area contributed by atoms with Crippen molar-refractivity contribution in [3.05, 3.63) is 181 Å². The quantitative estimate of drug-likeness (QED) is 0.0211. The first-order valence-corrected chi connectivity index (χ1v) is 25.1. The zero-order valence-electron chi connectivity index (χ0n) is 42.3. The molecule has 0 aromatic heterocycles. The number of ketones is 6. The van der Waals surface area contributed by atoms with Crippen LogP contribution in [0.25, 0.3) is 0 Å². The highest BCUT2D eigenvalue weighted by Gasteiger charge is 2.40. The molecule has 410 valence electrons. The van der Waals surface area contributed by atoms with Crippen LogP contribution in [0.2, 0.25) is 0 Å². The molecule has 0 aliphatic heterocycles. The van der Waals surface area contributed by atoms with Crippen LogP contribution in [0.15, 0.2) is 108 Å². The summed E-state index contributed by atoms with van der Waals surface area (Å²) in [5.74, 6) is -12.2. The molecule has 0 saturated heterocycles. The molecule has 0 saturated carbocycles. The molecule has 0 heterocycles. The average Bonchev–Trinajstić information content (AvgIpc) is 3.63. The Labute approximate surface area is 457 Å². The minimum atomic E-state index is -1.03. The average molecular weight is 1100 g/mol. The zero-order valence-corrected chi connectivity index (χ0v) is 42.3. The molecule has 0 amide bonds. The first-order valence-electron chi connectivity index (χ1n) is 25.1. The van der Waals surface area contributed by atoms with E-state index < -0.39 is 104 Å². The van der Waals surface area contributed by atoms with E-state index in [-0.39, 0.29) is 149 Å². The Morgan fingerprint density at radius 3 is 1.07 bits per heavy atom. The number of carbonyl (C=O) groups excluding carboxylic acids is 9. The Morgan fingerprint density at radius 1 is 0.395 bits per heavy atom. The second-order valence-electron chi connectivity index (χ2n) is 18.7. The fourth-order valence-electron chi connectivity index (χ4n) is 9.73. The molecule has 0 radical (unpaired) electrons. The standard InChI is InChI=1S/C60H44O21/c61-37-25-40(43-46(55(37)70)52(67)34-13-4-1-10-31(34)49(43)64)76-16-7-19-79-58(73)28-22-29(59(74)80-20-8-17-77-41-26-38(62)56(71)47-44(41)50(65)32-11-2-5-14-35(32)53(47)68)24-30(23-28)60(75)81-21-9-18-78-42-27-39(63)57(72)48-45(42)51(66)33-12-3-6-15-36(33)54(48)69/h1-2,4-6,10-11,13-15,22-27,61-63,70-72H,3,7-9,12,16-21H2. The van der Waals surface area contributed by atoms with Gasteiger partial charge in [-0.25, -0.2) is 14.4 Å². The van der Waals surface area contributed by atoms with Crippen molar-refractivity contribution in [1.82, 2.24) is 0 Å². The highest BCUT2D eigenvalue weighted by molar-refractivity contribution is 6.32. The number of ether oxygens (including phenoxy) is 6. The predicted molar refractivity (Wildman–Crippen MR) is 278 cm³/mol. The predicted octanol–water partition coefficient (Wildman–Crippen LogP) is 7.37. The molecule has 6 aromatic rings. The normalized spacial score (nSPS) is 13.8. The van der Waals surface area contributed by atoms with Gasteiger partial charge in [0, 0.05) is 70.9 Å². The Hall–Kier alpha value is -10.6. The number of hydrogen-bond acceptors (Lipinski definition) is 21. The Kier molecular flexibility index (Phi) is 14.6. The maximum atomic E-state index is 13.6. The lowest BCUT2D eigenvalue weighted by Crippen LogP contribution is -2.24. The number of phenolic OH excluding ortho intramolecular Hbond substituents is 6. The molecule has 0 bridgehead atoms. The van der Waals surface area contributed by atoms with Crippen LogP contribution in [-0.2, 0) is 14.2 Å². The van der Waals surface area contributed by atoms with E-state index in [0.717, 1.165) is 36.4 Å². The van der Waals surface area contributed by atoms with Gasteiger partial charge in [-0.15, -0.1) is 0 Å². The van der Waals surface area contributed by atoms with Crippen LogP contribution in [0.5, 0.6) is 51.7 Å². The van der Waals surface area contributed by atoms with Crippen molar-refractivity contribution in [3.63, 3.8) is 0 Å². The van der Waals surface area contributed by atoms with Crippen LogP contribution in [0.1, 0.15) is 148 Å². The molecule has 0 atom stereocenters. The number of allylic oxidation sites excluding steroid dienone is 4. The van der Waals surface area contributed by atoms with Gasteiger partial charge in [0.25, 0.3) is 0 Å². The second kappa shape index (κ2) is 22.0. The fourth-order valence-corrected chi connectivity index (χ4v) is 9.73. The molecule has 21 heteroatoms. The van der Waals surface area contributed by atoms with Crippen molar-refractivity contribution >= 4 is 52.6 Å². The van der Waals surface area contributed by atoms with Gasteiger partial charge in [0.1, 0.15) is 17.2 Å². The number of benzene rings is 6. The van der Waals surface area contributed by atoms with Gasteiger partial charge in [-0.05, 0) is 31.0 Å². The lowest BCUT2D eigenvalue weighted by Gasteiger charge is -2.24. The maximum absolute atomic E-state index is 13.6. The zero-order chi connectivity index (χ0) is 57.4. The third kappa shape index (κ3) is 9.92. The number of esters is 3. The summed E-state index contributed by atoms with van der Waals surface area (Å²) in [5, 5.41) is 63.1. The smallest absolute Gasteiger partial charge is 0.338 e. The number of hydrogen-bond donors (Lipinski definition) is 6. The van der Waals surface area contributed by atoms with Gasteiger partial charge < -0.3 is 59.1 Å². The van der Waals surface area contributed by atoms with Crippen molar-refractivity contribution in [3.8, 4) is 51.7 Å². The van der Waals surface area contributed by atoms with Crippen molar-refractivity contribution in [1.29, 1.82) is 0 Å². The van der Waals surface area contributed by atoms with Crippen LogP contribution in [0.4, 0.5) is 0 Å². The number of carbonyl (C=O) groups is 9. The summed E-state index contributed by atoms with van der Waals surface area (Å²) < 4.78 is 33.6. The third-order valence-corrected chi connectivity index (χ3v) is 13.6. The molecular formula is C60H44O21. The van der Waals surface area contributed by atoms with Gasteiger partial charge in [0.2, 0.25) is 0 Å². The van der Waals surface area contributed by atoms with Crippen LogP contribution in [0.3, 0.4) is 0 Å².